The van der Waals surface area contributed by atoms with Crippen LogP contribution in [0.5, 0.6) is 0 Å². The highest BCUT2D eigenvalue weighted by Crippen LogP contribution is 2.43. The number of piperidine rings is 3. The standard InChI is InChI=1S/C27H27FN2/c28-24-13-11-20(12-14-24)19-29-26-23-15-17-30(18-16-23)27(26)25(21-7-3-1-4-8-21)22-9-5-2-6-10-22/h1-14,19,23,25-27H,15-18H2/b29-19+/t26-,27+/m1/s1. The van der Waals surface area contributed by atoms with Crippen LogP contribution in [0.4, 0.5) is 4.39 Å². The molecule has 0 unspecified atom stereocenters. The van der Waals surface area contributed by atoms with Gasteiger partial charge in [0.05, 0.1) is 6.04 Å². The van der Waals surface area contributed by atoms with Crippen LogP contribution in [0.25, 0.3) is 0 Å². The Hall–Kier alpha value is -2.78. The number of nitrogens with zero attached hydrogens (tertiary/aromatic N) is 2. The molecule has 3 saturated heterocycles. The second kappa shape index (κ2) is 8.53. The number of hydrogen-bond acceptors (Lipinski definition) is 2. The van der Waals surface area contributed by atoms with E-state index in [1.54, 1.807) is 12.1 Å². The number of fused-ring (bicyclic) bond motifs is 3. The monoisotopic (exact) mass is 398 g/mol. The molecule has 0 saturated carbocycles. The van der Waals surface area contributed by atoms with Crippen LogP contribution in [0.15, 0.2) is 89.9 Å². The van der Waals surface area contributed by atoms with Gasteiger partial charge in [0.15, 0.2) is 0 Å². The van der Waals surface area contributed by atoms with E-state index in [1.807, 2.05) is 6.21 Å². The van der Waals surface area contributed by atoms with Crippen molar-refractivity contribution in [3.05, 3.63) is 107 Å². The van der Waals surface area contributed by atoms with E-state index in [-0.39, 0.29) is 17.8 Å². The zero-order valence-corrected chi connectivity index (χ0v) is 17.1. The summed E-state index contributed by atoms with van der Waals surface area (Å²) >= 11 is 0. The number of rotatable bonds is 5. The lowest BCUT2D eigenvalue weighted by molar-refractivity contribution is 0.0215. The molecule has 3 aromatic rings. The summed E-state index contributed by atoms with van der Waals surface area (Å²) in [6.45, 7) is 2.29. The van der Waals surface area contributed by atoms with Crippen LogP contribution in [-0.2, 0) is 0 Å². The molecule has 0 aliphatic carbocycles. The molecule has 0 N–H and O–H groups in total. The van der Waals surface area contributed by atoms with E-state index in [0.29, 0.717) is 12.0 Å². The largest absolute Gasteiger partial charge is 0.297 e. The summed E-state index contributed by atoms with van der Waals surface area (Å²) in [5.41, 5.74) is 3.66. The molecule has 2 nitrogen and oxygen atoms in total. The smallest absolute Gasteiger partial charge is 0.123 e. The summed E-state index contributed by atoms with van der Waals surface area (Å²) in [5.74, 6) is 0.679. The maximum atomic E-state index is 13.3. The summed E-state index contributed by atoms with van der Waals surface area (Å²) in [4.78, 5) is 7.78. The molecule has 3 aliphatic rings. The maximum Gasteiger partial charge on any atom is 0.123 e. The molecule has 2 atom stereocenters. The summed E-state index contributed by atoms with van der Waals surface area (Å²) in [6, 6.07) is 28.9. The minimum atomic E-state index is -0.207. The van der Waals surface area contributed by atoms with Crippen molar-refractivity contribution in [3.63, 3.8) is 0 Å². The molecule has 0 radical (unpaired) electrons. The molecule has 152 valence electrons. The molecule has 0 spiro atoms. The maximum absolute atomic E-state index is 13.3. The molecule has 3 aliphatic heterocycles. The lowest BCUT2D eigenvalue weighted by Gasteiger charge is -2.52. The van der Waals surface area contributed by atoms with Gasteiger partial charge >= 0.3 is 0 Å². The summed E-state index contributed by atoms with van der Waals surface area (Å²) in [7, 11) is 0. The van der Waals surface area contributed by atoms with E-state index < -0.39 is 0 Å². The normalized spacial score (nSPS) is 25.8. The topological polar surface area (TPSA) is 15.6 Å². The molecule has 3 heteroatoms. The average molecular weight is 399 g/mol. The quantitative estimate of drug-likeness (QED) is 0.515. The fraction of sp³-hybridized carbons (Fsp3) is 0.296. The third-order valence-electron chi connectivity index (χ3n) is 6.75. The van der Waals surface area contributed by atoms with Crippen LogP contribution in [-0.4, -0.2) is 36.3 Å². The summed E-state index contributed by atoms with van der Waals surface area (Å²) in [5, 5.41) is 0. The highest BCUT2D eigenvalue weighted by Gasteiger charge is 2.46. The lowest BCUT2D eigenvalue weighted by atomic mass is 9.71. The Kier molecular flexibility index (Phi) is 5.46. The van der Waals surface area contributed by atoms with Crippen LogP contribution < -0.4 is 0 Å². The molecule has 0 amide bonds. The minimum Gasteiger partial charge on any atom is -0.297 e. The number of aliphatic imine (C=N–C) groups is 1. The molecule has 6 rings (SSSR count). The predicted molar refractivity (Wildman–Crippen MR) is 121 cm³/mol. The third-order valence-corrected chi connectivity index (χ3v) is 6.75. The van der Waals surface area contributed by atoms with Gasteiger partial charge in [0, 0.05) is 18.2 Å². The van der Waals surface area contributed by atoms with Crippen molar-refractivity contribution in [2.75, 3.05) is 13.1 Å². The molecular weight excluding hydrogens is 371 g/mol. The first kappa shape index (κ1) is 19.2. The van der Waals surface area contributed by atoms with E-state index in [1.165, 1.54) is 36.1 Å². The first-order valence-corrected chi connectivity index (χ1v) is 10.9. The van der Waals surface area contributed by atoms with E-state index in [4.69, 9.17) is 4.99 Å². The fourth-order valence-electron chi connectivity index (χ4n) is 5.30. The van der Waals surface area contributed by atoms with Crippen LogP contribution in [0, 0.1) is 11.7 Å². The van der Waals surface area contributed by atoms with Gasteiger partial charge in [0.25, 0.3) is 0 Å². The molecule has 3 fully saturated rings. The molecule has 3 heterocycles. The van der Waals surface area contributed by atoms with Crippen molar-refractivity contribution >= 4 is 6.21 Å². The number of benzene rings is 3. The van der Waals surface area contributed by atoms with Gasteiger partial charge in [-0.05, 0) is 60.7 Å². The van der Waals surface area contributed by atoms with Gasteiger partial charge in [-0.3, -0.25) is 9.89 Å². The second-order valence-corrected chi connectivity index (χ2v) is 8.48. The van der Waals surface area contributed by atoms with Crippen molar-refractivity contribution in [2.24, 2.45) is 10.9 Å². The molecule has 3 aromatic carbocycles. The fourth-order valence-corrected chi connectivity index (χ4v) is 5.30. The van der Waals surface area contributed by atoms with Crippen LogP contribution in [0.3, 0.4) is 0 Å². The van der Waals surface area contributed by atoms with Gasteiger partial charge in [-0.25, -0.2) is 4.39 Å². The third kappa shape index (κ3) is 3.82. The number of halogens is 1. The zero-order chi connectivity index (χ0) is 20.3. The van der Waals surface area contributed by atoms with Crippen molar-refractivity contribution in [2.45, 2.75) is 30.8 Å². The van der Waals surface area contributed by atoms with Gasteiger partial charge < -0.3 is 0 Å². The van der Waals surface area contributed by atoms with E-state index >= 15 is 0 Å². The summed E-state index contributed by atoms with van der Waals surface area (Å²) in [6.07, 6.45) is 4.36. The van der Waals surface area contributed by atoms with Gasteiger partial charge in [-0.1, -0.05) is 72.8 Å². The van der Waals surface area contributed by atoms with Crippen molar-refractivity contribution in [1.82, 2.24) is 4.90 Å². The van der Waals surface area contributed by atoms with Crippen LogP contribution in [0.1, 0.15) is 35.4 Å². The minimum absolute atomic E-state index is 0.207. The average Bonchev–Trinajstić information content (AvgIpc) is 2.82. The van der Waals surface area contributed by atoms with Crippen LogP contribution in [0.2, 0.25) is 0 Å². The Morgan fingerprint density at radius 2 is 1.37 bits per heavy atom. The second-order valence-electron chi connectivity index (χ2n) is 8.48. The van der Waals surface area contributed by atoms with Crippen molar-refractivity contribution in [3.8, 4) is 0 Å². The van der Waals surface area contributed by atoms with Crippen molar-refractivity contribution < 1.29 is 4.39 Å². The van der Waals surface area contributed by atoms with E-state index in [0.717, 1.165) is 18.7 Å². The van der Waals surface area contributed by atoms with Crippen LogP contribution >= 0.6 is 0 Å². The Morgan fingerprint density at radius 1 is 0.800 bits per heavy atom. The summed E-state index contributed by atoms with van der Waals surface area (Å²) < 4.78 is 13.3. The molecular formula is C27H27FN2. The first-order chi connectivity index (χ1) is 14.8. The zero-order valence-electron chi connectivity index (χ0n) is 17.1. The van der Waals surface area contributed by atoms with Gasteiger partial charge in [0.1, 0.15) is 5.82 Å². The lowest BCUT2D eigenvalue weighted by Crippen LogP contribution is -2.59. The highest BCUT2D eigenvalue weighted by molar-refractivity contribution is 5.79. The van der Waals surface area contributed by atoms with E-state index in [9.17, 15) is 4.39 Å². The van der Waals surface area contributed by atoms with Gasteiger partial charge in [-0.2, -0.15) is 0 Å². The van der Waals surface area contributed by atoms with Gasteiger partial charge in [0.2, 0.25) is 0 Å². The Labute approximate surface area is 178 Å². The highest BCUT2D eigenvalue weighted by atomic mass is 19.1. The Morgan fingerprint density at radius 3 is 1.93 bits per heavy atom. The first-order valence-electron chi connectivity index (χ1n) is 10.9. The number of hydrogen-bond donors (Lipinski definition) is 0. The molecule has 0 aromatic heterocycles. The van der Waals surface area contributed by atoms with E-state index in [2.05, 4.69) is 65.6 Å². The SMILES string of the molecule is Fc1ccc(/C=N/[C@@H]2C3CCN(CC3)[C@H]2C(c2ccccc2)c2ccccc2)cc1. The predicted octanol–water partition coefficient (Wildman–Crippen LogP) is 5.54. The molecule has 30 heavy (non-hydrogen) atoms. The van der Waals surface area contributed by atoms with Gasteiger partial charge in [-0.15, -0.1) is 0 Å². The Balaban J connectivity index is 1.54. The van der Waals surface area contributed by atoms with Crippen molar-refractivity contribution in [1.29, 1.82) is 0 Å². The molecule has 2 bridgehead atoms. The Bertz CT molecular complexity index is 937.